The van der Waals surface area contributed by atoms with E-state index in [2.05, 4.69) is 6.92 Å². The molecule has 0 radical (unpaired) electrons. The van der Waals surface area contributed by atoms with Crippen LogP contribution in [0.3, 0.4) is 0 Å². The van der Waals surface area contributed by atoms with Crippen molar-refractivity contribution in [2.24, 2.45) is 5.73 Å². The van der Waals surface area contributed by atoms with Gasteiger partial charge in [0.05, 0.1) is 6.04 Å². The Labute approximate surface area is 86.6 Å². The summed E-state index contributed by atoms with van der Waals surface area (Å²) in [4.78, 5) is 13.7. The third-order valence-electron chi connectivity index (χ3n) is 2.85. The van der Waals surface area contributed by atoms with Crippen LogP contribution in [0.5, 0.6) is 0 Å². The number of nitrogens with zero attached hydrogens (tertiary/aromatic N) is 1. The Kier molecular flexibility index (Phi) is 4.94. The Hall–Kier alpha value is -0.570. The van der Waals surface area contributed by atoms with Crippen LogP contribution in [0.15, 0.2) is 0 Å². The van der Waals surface area contributed by atoms with Crippen LogP contribution < -0.4 is 5.73 Å². The summed E-state index contributed by atoms with van der Waals surface area (Å²) < 4.78 is 0. The van der Waals surface area contributed by atoms with Gasteiger partial charge in [0.15, 0.2) is 0 Å². The van der Waals surface area contributed by atoms with E-state index in [1.54, 1.807) is 0 Å². The highest BCUT2D eigenvalue weighted by molar-refractivity contribution is 5.81. The molecule has 1 aliphatic heterocycles. The highest BCUT2D eigenvalue weighted by Gasteiger charge is 2.21. The Morgan fingerprint density at radius 1 is 1.36 bits per heavy atom. The fraction of sp³-hybridized carbons (Fsp3) is 0.909. The molecule has 0 saturated carbocycles. The minimum atomic E-state index is -0.256. The number of hydrogen-bond donors (Lipinski definition) is 1. The van der Waals surface area contributed by atoms with Crippen molar-refractivity contribution < 1.29 is 4.79 Å². The molecule has 1 aliphatic rings. The summed E-state index contributed by atoms with van der Waals surface area (Å²) >= 11 is 0. The number of piperidine rings is 1. The third-order valence-corrected chi connectivity index (χ3v) is 2.85. The third kappa shape index (κ3) is 3.29. The molecule has 1 unspecified atom stereocenters. The molecule has 0 aliphatic carbocycles. The van der Waals surface area contributed by atoms with Gasteiger partial charge in [0.25, 0.3) is 0 Å². The van der Waals surface area contributed by atoms with Gasteiger partial charge in [-0.3, -0.25) is 4.79 Å². The van der Waals surface area contributed by atoms with Crippen LogP contribution in [0.25, 0.3) is 0 Å². The number of likely N-dealkylation sites (tertiary alicyclic amines) is 1. The van der Waals surface area contributed by atoms with Crippen molar-refractivity contribution in [1.82, 2.24) is 4.90 Å². The quantitative estimate of drug-likeness (QED) is 0.744. The molecule has 0 aromatic carbocycles. The van der Waals surface area contributed by atoms with Gasteiger partial charge in [-0.1, -0.05) is 19.8 Å². The molecule has 0 bridgehead atoms. The number of carbonyl (C=O) groups is 1. The molecule has 0 spiro atoms. The molecular weight excluding hydrogens is 176 g/mol. The number of nitrogens with two attached hydrogens (primary N) is 1. The second-order valence-corrected chi connectivity index (χ2v) is 4.13. The fourth-order valence-electron chi connectivity index (χ4n) is 1.90. The highest BCUT2D eigenvalue weighted by Crippen LogP contribution is 2.11. The lowest BCUT2D eigenvalue weighted by atomic mass is 10.1. The number of carbonyl (C=O) groups excluding carboxylic acids is 1. The van der Waals surface area contributed by atoms with E-state index in [1.165, 1.54) is 6.42 Å². The van der Waals surface area contributed by atoms with Crippen LogP contribution in [0.2, 0.25) is 0 Å². The van der Waals surface area contributed by atoms with Crippen molar-refractivity contribution in [3.63, 3.8) is 0 Å². The zero-order valence-electron chi connectivity index (χ0n) is 9.17. The maximum Gasteiger partial charge on any atom is 0.239 e. The summed E-state index contributed by atoms with van der Waals surface area (Å²) in [5.41, 5.74) is 5.84. The molecule has 1 fully saturated rings. The van der Waals surface area contributed by atoms with Gasteiger partial charge < -0.3 is 10.6 Å². The molecule has 14 heavy (non-hydrogen) atoms. The van der Waals surface area contributed by atoms with E-state index in [0.717, 1.165) is 45.2 Å². The summed E-state index contributed by atoms with van der Waals surface area (Å²) in [5, 5.41) is 0. The first-order valence-corrected chi connectivity index (χ1v) is 5.80. The van der Waals surface area contributed by atoms with Gasteiger partial charge >= 0.3 is 0 Å². The van der Waals surface area contributed by atoms with Gasteiger partial charge in [0.1, 0.15) is 0 Å². The number of unbranched alkanes of at least 4 members (excludes halogenated alkanes) is 1. The average molecular weight is 198 g/mol. The lowest BCUT2D eigenvalue weighted by Crippen LogP contribution is -2.45. The molecule has 3 nitrogen and oxygen atoms in total. The van der Waals surface area contributed by atoms with E-state index in [9.17, 15) is 4.79 Å². The van der Waals surface area contributed by atoms with Crippen molar-refractivity contribution >= 4 is 5.91 Å². The summed E-state index contributed by atoms with van der Waals surface area (Å²) in [6.07, 6.45) is 6.56. The topological polar surface area (TPSA) is 46.3 Å². The molecule has 1 rings (SSSR count). The second-order valence-electron chi connectivity index (χ2n) is 4.13. The van der Waals surface area contributed by atoms with Crippen LogP contribution in [0, 0.1) is 0 Å². The molecule has 82 valence electrons. The van der Waals surface area contributed by atoms with Crippen LogP contribution in [0.1, 0.15) is 45.4 Å². The van der Waals surface area contributed by atoms with Crippen LogP contribution >= 0.6 is 0 Å². The Bertz CT molecular complexity index is 176. The van der Waals surface area contributed by atoms with Crippen molar-refractivity contribution in [3.8, 4) is 0 Å². The molecular formula is C11H22N2O. The first kappa shape index (κ1) is 11.5. The van der Waals surface area contributed by atoms with E-state index in [-0.39, 0.29) is 11.9 Å². The van der Waals surface area contributed by atoms with Crippen molar-refractivity contribution in [3.05, 3.63) is 0 Å². The van der Waals surface area contributed by atoms with E-state index in [0.29, 0.717) is 0 Å². The standard InChI is InChI=1S/C11H22N2O/c1-2-3-7-10(12)11(14)13-8-5-4-6-9-13/h10H,2-9,12H2,1H3. The first-order valence-electron chi connectivity index (χ1n) is 5.80. The average Bonchev–Trinajstić information content (AvgIpc) is 2.26. The fourth-order valence-corrected chi connectivity index (χ4v) is 1.90. The smallest absolute Gasteiger partial charge is 0.239 e. The zero-order chi connectivity index (χ0) is 10.4. The van der Waals surface area contributed by atoms with Gasteiger partial charge in [0.2, 0.25) is 5.91 Å². The number of hydrogen-bond acceptors (Lipinski definition) is 2. The molecule has 2 N–H and O–H groups in total. The van der Waals surface area contributed by atoms with Crippen LogP contribution in [-0.2, 0) is 4.79 Å². The Morgan fingerprint density at radius 2 is 2.00 bits per heavy atom. The van der Waals surface area contributed by atoms with E-state index in [4.69, 9.17) is 5.73 Å². The molecule has 0 aromatic rings. The number of rotatable bonds is 4. The summed E-state index contributed by atoms with van der Waals surface area (Å²) in [5.74, 6) is 0.165. The predicted octanol–water partition coefficient (Wildman–Crippen LogP) is 1.52. The Morgan fingerprint density at radius 3 is 2.57 bits per heavy atom. The predicted molar refractivity (Wildman–Crippen MR) is 57.9 cm³/mol. The van der Waals surface area contributed by atoms with Crippen LogP contribution in [0.4, 0.5) is 0 Å². The number of amides is 1. The van der Waals surface area contributed by atoms with E-state index >= 15 is 0 Å². The van der Waals surface area contributed by atoms with Crippen LogP contribution in [-0.4, -0.2) is 29.9 Å². The van der Waals surface area contributed by atoms with E-state index in [1.807, 2.05) is 4.90 Å². The normalized spacial score (nSPS) is 19.4. The van der Waals surface area contributed by atoms with Crippen molar-refractivity contribution in [2.75, 3.05) is 13.1 Å². The van der Waals surface area contributed by atoms with Gasteiger partial charge in [-0.2, -0.15) is 0 Å². The Balaban J connectivity index is 2.30. The minimum Gasteiger partial charge on any atom is -0.341 e. The molecule has 1 atom stereocenters. The van der Waals surface area contributed by atoms with E-state index < -0.39 is 0 Å². The summed E-state index contributed by atoms with van der Waals surface area (Å²) in [6.45, 7) is 3.95. The summed E-state index contributed by atoms with van der Waals surface area (Å²) in [6, 6.07) is -0.256. The molecule has 0 aromatic heterocycles. The summed E-state index contributed by atoms with van der Waals surface area (Å²) in [7, 11) is 0. The second kappa shape index (κ2) is 6.02. The lowest BCUT2D eigenvalue weighted by Gasteiger charge is -2.29. The molecule has 3 heteroatoms. The van der Waals surface area contributed by atoms with Gasteiger partial charge in [-0.15, -0.1) is 0 Å². The monoisotopic (exact) mass is 198 g/mol. The largest absolute Gasteiger partial charge is 0.341 e. The highest BCUT2D eigenvalue weighted by atomic mass is 16.2. The van der Waals surface area contributed by atoms with Gasteiger partial charge in [-0.05, 0) is 25.7 Å². The molecule has 1 amide bonds. The van der Waals surface area contributed by atoms with Crippen molar-refractivity contribution in [1.29, 1.82) is 0 Å². The molecule has 1 heterocycles. The molecule has 1 saturated heterocycles. The maximum absolute atomic E-state index is 11.8. The van der Waals surface area contributed by atoms with Crippen molar-refractivity contribution in [2.45, 2.75) is 51.5 Å². The minimum absolute atomic E-state index is 0.165. The lowest BCUT2D eigenvalue weighted by molar-refractivity contribution is -0.133. The zero-order valence-corrected chi connectivity index (χ0v) is 9.17. The van der Waals surface area contributed by atoms with Gasteiger partial charge in [0, 0.05) is 13.1 Å². The SMILES string of the molecule is CCCCC(N)C(=O)N1CCCCC1. The van der Waals surface area contributed by atoms with Gasteiger partial charge in [-0.25, -0.2) is 0 Å². The first-order chi connectivity index (χ1) is 6.75. The maximum atomic E-state index is 11.8.